The van der Waals surface area contributed by atoms with Crippen molar-refractivity contribution < 1.29 is 0 Å². The first-order valence-corrected chi connectivity index (χ1v) is 4.38. The van der Waals surface area contributed by atoms with Crippen molar-refractivity contribution in [3.05, 3.63) is 36.1 Å². The molecule has 1 fully saturated rings. The van der Waals surface area contributed by atoms with Crippen LogP contribution in [0, 0.1) is 10.8 Å². The Morgan fingerprint density at radius 3 is 2.83 bits per heavy atom. The van der Waals surface area contributed by atoms with Crippen molar-refractivity contribution in [2.24, 2.45) is 15.8 Å². The van der Waals surface area contributed by atoms with Crippen LogP contribution in [-0.2, 0) is 0 Å². The quantitative estimate of drug-likeness (QED) is 0.512. The Bertz CT molecular complexity index is 359. The van der Waals surface area contributed by atoms with Crippen LogP contribution in [0.15, 0.2) is 41.1 Å². The summed E-state index contributed by atoms with van der Waals surface area (Å²) in [7, 11) is 0. The van der Waals surface area contributed by atoms with Gasteiger partial charge in [-0.25, -0.2) is 0 Å². The van der Waals surface area contributed by atoms with E-state index >= 15 is 0 Å². The molecule has 2 atom stereocenters. The van der Waals surface area contributed by atoms with Crippen molar-refractivity contribution in [3.63, 3.8) is 0 Å². The van der Waals surface area contributed by atoms with Gasteiger partial charge in [-0.1, -0.05) is 30.4 Å². The Labute approximate surface area is 72.2 Å². The van der Waals surface area contributed by atoms with Crippen LogP contribution in [0.2, 0.25) is 0 Å². The fraction of sp³-hybridized carbons (Fsp3) is 0.364. The molecule has 0 N–H and O–H groups in total. The number of hydrogen-bond acceptors (Lipinski definition) is 1. The van der Waals surface area contributed by atoms with Gasteiger partial charge in [0.1, 0.15) is 0 Å². The monoisotopic (exact) mass is 157 g/mol. The zero-order chi connectivity index (χ0) is 8.23. The molecule has 0 aromatic heterocycles. The average Bonchev–Trinajstić information content (AvgIpc) is 2.72. The number of nitrogens with zero attached hydrogens (tertiary/aromatic N) is 1. The molecule has 1 aliphatic heterocycles. The first kappa shape index (κ1) is 6.41. The number of allylic oxidation sites excluding steroid dienone is 6. The molecule has 0 radical (unpaired) electrons. The summed E-state index contributed by atoms with van der Waals surface area (Å²) in [6.07, 6.45) is 14.5. The van der Waals surface area contributed by atoms with Gasteiger partial charge in [0, 0.05) is 22.7 Å². The molecule has 2 aliphatic carbocycles. The highest BCUT2D eigenvalue weighted by molar-refractivity contribution is 5.81. The van der Waals surface area contributed by atoms with Gasteiger partial charge in [-0.05, 0) is 13.3 Å². The molecule has 3 rings (SSSR count). The van der Waals surface area contributed by atoms with Gasteiger partial charge < -0.3 is 0 Å². The molecular weight excluding hydrogens is 146 g/mol. The molecule has 1 nitrogen and oxygen atoms in total. The molecule has 0 bridgehead atoms. The lowest BCUT2D eigenvalue weighted by Gasteiger charge is -2.19. The Morgan fingerprint density at radius 1 is 1.25 bits per heavy atom. The van der Waals surface area contributed by atoms with E-state index in [4.69, 9.17) is 0 Å². The lowest BCUT2D eigenvalue weighted by atomic mass is 9.87. The molecule has 12 heavy (non-hydrogen) atoms. The third-order valence-electron chi connectivity index (χ3n) is 3.19. The molecule has 2 unspecified atom stereocenters. The average molecular weight is 157 g/mol. The van der Waals surface area contributed by atoms with Gasteiger partial charge in [-0.15, -0.1) is 0 Å². The first-order valence-electron chi connectivity index (χ1n) is 4.38. The van der Waals surface area contributed by atoms with Crippen LogP contribution in [0.3, 0.4) is 0 Å². The summed E-state index contributed by atoms with van der Waals surface area (Å²) >= 11 is 0. The molecule has 60 valence electrons. The molecule has 0 aromatic carbocycles. The van der Waals surface area contributed by atoms with Crippen molar-refractivity contribution >= 4 is 6.21 Å². The highest BCUT2D eigenvalue weighted by Crippen LogP contribution is 2.68. The van der Waals surface area contributed by atoms with Crippen LogP contribution in [0.1, 0.15) is 13.3 Å². The predicted molar refractivity (Wildman–Crippen MR) is 50.0 cm³/mol. The Hall–Kier alpha value is -1.11. The van der Waals surface area contributed by atoms with E-state index in [2.05, 4.69) is 48.5 Å². The molecular formula is C11H11N. The van der Waals surface area contributed by atoms with Gasteiger partial charge in [0.2, 0.25) is 0 Å². The van der Waals surface area contributed by atoms with Crippen molar-refractivity contribution in [2.75, 3.05) is 0 Å². The van der Waals surface area contributed by atoms with E-state index in [9.17, 15) is 0 Å². The van der Waals surface area contributed by atoms with E-state index in [1.54, 1.807) is 0 Å². The van der Waals surface area contributed by atoms with Crippen LogP contribution in [-0.4, -0.2) is 6.21 Å². The van der Waals surface area contributed by atoms with E-state index in [0.717, 1.165) is 5.70 Å². The van der Waals surface area contributed by atoms with Gasteiger partial charge in [-0.2, -0.15) is 0 Å². The van der Waals surface area contributed by atoms with E-state index < -0.39 is 0 Å². The standard InChI is InChI=1S/C11H11N/c1-9-6-10-4-2-3-5-11(10,7-10)8-12-9/h2-6,8H,7H2,1H3. The maximum atomic E-state index is 4.37. The van der Waals surface area contributed by atoms with Crippen LogP contribution >= 0.6 is 0 Å². The normalized spacial score (nSPS) is 46.6. The molecule has 0 spiro atoms. The van der Waals surface area contributed by atoms with Crippen LogP contribution in [0.5, 0.6) is 0 Å². The summed E-state index contributed by atoms with van der Waals surface area (Å²) in [6, 6.07) is 0. The summed E-state index contributed by atoms with van der Waals surface area (Å²) in [4.78, 5) is 4.37. The van der Waals surface area contributed by atoms with Gasteiger partial charge >= 0.3 is 0 Å². The van der Waals surface area contributed by atoms with Gasteiger partial charge in [0.15, 0.2) is 0 Å². The fourth-order valence-electron chi connectivity index (χ4n) is 2.39. The fourth-order valence-corrected chi connectivity index (χ4v) is 2.39. The second-order valence-corrected chi connectivity index (χ2v) is 4.02. The highest BCUT2D eigenvalue weighted by atomic mass is 14.8. The number of aliphatic imine (C=N–C) groups is 1. The minimum absolute atomic E-state index is 0.265. The summed E-state index contributed by atoms with van der Waals surface area (Å²) in [5.74, 6) is 0. The zero-order valence-corrected chi connectivity index (χ0v) is 7.12. The summed E-state index contributed by atoms with van der Waals surface area (Å²) in [5.41, 5.74) is 1.73. The van der Waals surface area contributed by atoms with Crippen LogP contribution < -0.4 is 0 Å². The third-order valence-corrected chi connectivity index (χ3v) is 3.19. The van der Waals surface area contributed by atoms with Crippen molar-refractivity contribution in [3.8, 4) is 0 Å². The van der Waals surface area contributed by atoms with Crippen molar-refractivity contribution in [2.45, 2.75) is 13.3 Å². The Kier molecular flexibility index (Phi) is 0.871. The summed E-state index contributed by atoms with van der Waals surface area (Å²) in [6.45, 7) is 2.07. The van der Waals surface area contributed by atoms with E-state index in [1.165, 1.54) is 6.42 Å². The number of hydrogen-bond donors (Lipinski definition) is 0. The topological polar surface area (TPSA) is 12.4 Å². The maximum Gasteiger partial charge on any atom is 0.0377 e. The Morgan fingerprint density at radius 2 is 2.00 bits per heavy atom. The van der Waals surface area contributed by atoms with Crippen molar-refractivity contribution in [1.82, 2.24) is 0 Å². The first-order chi connectivity index (χ1) is 5.77. The van der Waals surface area contributed by atoms with E-state index in [0.29, 0.717) is 5.41 Å². The van der Waals surface area contributed by atoms with Crippen LogP contribution in [0.25, 0.3) is 0 Å². The molecule has 0 saturated heterocycles. The smallest absolute Gasteiger partial charge is 0.0377 e. The second-order valence-electron chi connectivity index (χ2n) is 4.02. The van der Waals surface area contributed by atoms with Gasteiger partial charge in [-0.3, -0.25) is 4.99 Å². The summed E-state index contributed by atoms with van der Waals surface area (Å²) < 4.78 is 0. The van der Waals surface area contributed by atoms with Gasteiger partial charge in [0.25, 0.3) is 0 Å². The minimum Gasteiger partial charge on any atom is -0.265 e. The Balaban J connectivity index is 2.17. The maximum absolute atomic E-state index is 4.37. The number of rotatable bonds is 0. The lowest BCUT2D eigenvalue weighted by molar-refractivity contribution is 0.693. The molecule has 3 aliphatic rings. The minimum atomic E-state index is 0.265. The SMILES string of the molecule is CC1=CC23C=CC=CC2(C=N1)C3. The van der Waals surface area contributed by atoms with Crippen molar-refractivity contribution in [1.29, 1.82) is 0 Å². The zero-order valence-electron chi connectivity index (χ0n) is 7.12. The highest BCUT2D eigenvalue weighted by Gasteiger charge is 2.63. The molecule has 1 heteroatoms. The molecule has 1 saturated carbocycles. The lowest BCUT2D eigenvalue weighted by Crippen LogP contribution is -2.15. The van der Waals surface area contributed by atoms with Crippen LogP contribution in [0.4, 0.5) is 0 Å². The molecule has 1 heterocycles. The predicted octanol–water partition coefficient (Wildman–Crippen LogP) is 2.48. The van der Waals surface area contributed by atoms with Gasteiger partial charge in [0.05, 0.1) is 0 Å². The second kappa shape index (κ2) is 1.63. The summed E-state index contributed by atoms with van der Waals surface area (Å²) in [5, 5.41) is 0. The largest absolute Gasteiger partial charge is 0.265 e. The molecule has 0 aromatic rings. The van der Waals surface area contributed by atoms with E-state index in [1.807, 2.05) is 0 Å². The van der Waals surface area contributed by atoms with E-state index in [-0.39, 0.29) is 5.41 Å². The molecule has 0 amide bonds. The third kappa shape index (κ3) is 0.544.